The molecule has 0 saturated carbocycles. The minimum Gasteiger partial charge on any atom is -0.497 e. The van der Waals surface area contributed by atoms with Crippen molar-refractivity contribution in [3.8, 4) is 17.4 Å². The Balaban J connectivity index is 1.28. The Morgan fingerprint density at radius 1 is 1.20 bits per heavy atom. The van der Waals surface area contributed by atoms with Crippen LogP contribution in [0.25, 0.3) is 6.08 Å². The van der Waals surface area contributed by atoms with E-state index in [0.29, 0.717) is 36.3 Å². The highest BCUT2D eigenvalue weighted by atomic mass is 16.5. The Morgan fingerprint density at radius 3 is 2.87 bits per heavy atom. The van der Waals surface area contributed by atoms with Gasteiger partial charge in [0.1, 0.15) is 17.2 Å². The van der Waals surface area contributed by atoms with Gasteiger partial charge in [0, 0.05) is 43.2 Å². The molecule has 152 valence electrons. The van der Waals surface area contributed by atoms with Gasteiger partial charge in [0.2, 0.25) is 5.88 Å². The Labute approximate surface area is 173 Å². The molecule has 1 N–H and O–H groups in total. The van der Waals surface area contributed by atoms with E-state index in [9.17, 15) is 4.79 Å². The quantitative estimate of drug-likeness (QED) is 0.703. The van der Waals surface area contributed by atoms with Crippen molar-refractivity contribution in [3.63, 3.8) is 0 Å². The summed E-state index contributed by atoms with van der Waals surface area (Å²) in [7, 11) is 1.61. The molecule has 30 heavy (non-hydrogen) atoms. The Morgan fingerprint density at radius 2 is 2.03 bits per heavy atom. The van der Waals surface area contributed by atoms with Crippen LogP contribution in [0, 0.1) is 0 Å². The van der Waals surface area contributed by atoms with E-state index in [0.717, 1.165) is 29.9 Å². The van der Waals surface area contributed by atoms with Crippen LogP contribution in [0.4, 0.5) is 0 Å². The molecule has 3 heterocycles. The van der Waals surface area contributed by atoms with E-state index in [4.69, 9.17) is 9.47 Å². The van der Waals surface area contributed by atoms with Gasteiger partial charge in [-0.25, -0.2) is 9.97 Å². The number of aromatic amines is 1. The Hall–Kier alpha value is -3.68. The molecule has 1 amide bonds. The SMILES string of the molecule is COc1cccc(Oc2nccnc2C2CN(C(=O)c3nc4c([nH]3)CCC=C4)C2)c1. The summed E-state index contributed by atoms with van der Waals surface area (Å²) >= 11 is 0. The van der Waals surface area contributed by atoms with Gasteiger partial charge in [-0.15, -0.1) is 0 Å². The molecule has 8 nitrogen and oxygen atoms in total. The second-order valence-electron chi connectivity index (χ2n) is 7.33. The second kappa shape index (κ2) is 7.62. The number of nitrogens with one attached hydrogen (secondary N) is 1. The smallest absolute Gasteiger partial charge is 0.289 e. The molecule has 1 aliphatic heterocycles. The van der Waals surface area contributed by atoms with Crippen molar-refractivity contribution in [2.45, 2.75) is 18.8 Å². The van der Waals surface area contributed by atoms with Crippen LogP contribution in [0.5, 0.6) is 17.4 Å². The van der Waals surface area contributed by atoms with E-state index in [2.05, 4.69) is 26.0 Å². The number of nitrogens with zero attached hydrogens (tertiary/aromatic N) is 4. The number of carbonyl (C=O) groups is 1. The fourth-order valence-electron chi connectivity index (χ4n) is 3.71. The first-order valence-electron chi connectivity index (χ1n) is 9.89. The molecule has 0 unspecified atom stereocenters. The highest BCUT2D eigenvalue weighted by molar-refractivity contribution is 5.92. The van der Waals surface area contributed by atoms with Gasteiger partial charge < -0.3 is 19.4 Å². The number of methoxy groups -OCH3 is 1. The molecular weight excluding hydrogens is 382 g/mol. The summed E-state index contributed by atoms with van der Waals surface area (Å²) < 4.78 is 11.2. The monoisotopic (exact) mass is 403 g/mol. The minimum absolute atomic E-state index is 0.0627. The third kappa shape index (κ3) is 3.41. The number of ether oxygens (including phenoxy) is 2. The van der Waals surface area contributed by atoms with E-state index in [1.54, 1.807) is 30.5 Å². The van der Waals surface area contributed by atoms with E-state index in [1.807, 2.05) is 24.3 Å². The van der Waals surface area contributed by atoms with Crippen LogP contribution in [0.15, 0.2) is 42.7 Å². The molecule has 1 fully saturated rings. The molecule has 5 rings (SSSR count). The number of aromatic nitrogens is 4. The number of carbonyl (C=O) groups excluding carboxylic acids is 1. The predicted molar refractivity (Wildman–Crippen MR) is 110 cm³/mol. The molecule has 1 aliphatic carbocycles. The number of hydrogen-bond donors (Lipinski definition) is 1. The Bertz CT molecular complexity index is 1120. The van der Waals surface area contributed by atoms with Gasteiger partial charge in [-0.1, -0.05) is 12.1 Å². The number of imidazole rings is 1. The van der Waals surface area contributed by atoms with Crippen LogP contribution >= 0.6 is 0 Å². The number of aryl methyl sites for hydroxylation is 1. The lowest BCUT2D eigenvalue weighted by Gasteiger charge is -2.38. The zero-order chi connectivity index (χ0) is 20.5. The first-order chi connectivity index (χ1) is 14.7. The first kappa shape index (κ1) is 18.4. The van der Waals surface area contributed by atoms with Crippen LogP contribution in [0.1, 0.15) is 40.0 Å². The maximum atomic E-state index is 12.8. The highest BCUT2D eigenvalue weighted by Crippen LogP contribution is 2.34. The largest absolute Gasteiger partial charge is 0.497 e. The summed E-state index contributed by atoms with van der Waals surface area (Å²) in [5, 5.41) is 0. The van der Waals surface area contributed by atoms with E-state index < -0.39 is 0 Å². The number of amides is 1. The zero-order valence-corrected chi connectivity index (χ0v) is 16.5. The lowest BCUT2D eigenvalue weighted by atomic mass is 9.96. The number of allylic oxidation sites excluding steroid dienone is 1. The van der Waals surface area contributed by atoms with E-state index >= 15 is 0 Å². The molecule has 2 aliphatic rings. The van der Waals surface area contributed by atoms with Crippen LogP contribution in [0.3, 0.4) is 0 Å². The molecule has 0 bridgehead atoms. The number of benzene rings is 1. The third-order valence-electron chi connectivity index (χ3n) is 5.35. The minimum atomic E-state index is -0.0896. The van der Waals surface area contributed by atoms with Crippen LogP contribution < -0.4 is 9.47 Å². The number of H-pyrrole nitrogens is 1. The van der Waals surface area contributed by atoms with Crippen LogP contribution in [-0.2, 0) is 6.42 Å². The van der Waals surface area contributed by atoms with Gasteiger partial charge in [-0.05, 0) is 31.1 Å². The number of fused-ring (bicyclic) bond motifs is 1. The number of likely N-dealkylation sites (tertiary alicyclic amines) is 1. The van der Waals surface area contributed by atoms with Crippen LogP contribution in [-0.4, -0.2) is 50.9 Å². The average molecular weight is 403 g/mol. The van der Waals surface area contributed by atoms with Crippen molar-refractivity contribution >= 4 is 12.0 Å². The summed E-state index contributed by atoms with van der Waals surface area (Å²) in [4.78, 5) is 31.0. The summed E-state index contributed by atoms with van der Waals surface area (Å²) in [6.07, 6.45) is 9.14. The lowest BCUT2D eigenvalue weighted by Crippen LogP contribution is -2.49. The van der Waals surface area contributed by atoms with Crippen LogP contribution in [0.2, 0.25) is 0 Å². The van der Waals surface area contributed by atoms with E-state index in [1.165, 1.54) is 0 Å². The normalized spacial score (nSPS) is 15.4. The number of hydrogen-bond acceptors (Lipinski definition) is 6. The van der Waals surface area contributed by atoms with Gasteiger partial charge in [0.15, 0.2) is 5.82 Å². The maximum Gasteiger partial charge on any atom is 0.289 e. The average Bonchev–Trinajstić information content (AvgIpc) is 3.18. The molecule has 1 saturated heterocycles. The molecular formula is C22H21N5O3. The van der Waals surface area contributed by atoms with Crippen molar-refractivity contribution in [3.05, 3.63) is 65.6 Å². The molecule has 0 radical (unpaired) electrons. The predicted octanol–water partition coefficient (Wildman–Crippen LogP) is 3.20. The second-order valence-corrected chi connectivity index (χ2v) is 7.33. The molecule has 0 spiro atoms. The van der Waals surface area contributed by atoms with Crippen molar-refractivity contribution < 1.29 is 14.3 Å². The lowest BCUT2D eigenvalue weighted by molar-refractivity contribution is 0.0584. The van der Waals surface area contributed by atoms with Gasteiger partial charge in [0.05, 0.1) is 12.8 Å². The standard InChI is InChI=1S/C22H21N5O3/c1-29-15-5-4-6-16(11-15)30-21-19(23-9-10-24-21)14-12-27(13-14)22(28)20-25-17-7-2-3-8-18(17)26-20/h2,4-7,9-11,14H,3,8,12-13H2,1H3,(H,25,26). The van der Waals surface area contributed by atoms with Gasteiger partial charge in [0.25, 0.3) is 5.91 Å². The van der Waals surface area contributed by atoms with Crippen molar-refractivity contribution in [1.82, 2.24) is 24.8 Å². The topological polar surface area (TPSA) is 93.2 Å². The van der Waals surface area contributed by atoms with Crippen molar-refractivity contribution in [1.29, 1.82) is 0 Å². The van der Waals surface area contributed by atoms with Crippen molar-refractivity contribution in [2.75, 3.05) is 20.2 Å². The van der Waals surface area contributed by atoms with Crippen molar-refractivity contribution in [2.24, 2.45) is 0 Å². The third-order valence-corrected chi connectivity index (χ3v) is 5.35. The van der Waals surface area contributed by atoms with Gasteiger partial charge in [-0.2, -0.15) is 0 Å². The zero-order valence-electron chi connectivity index (χ0n) is 16.5. The number of rotatable bonds is 5. The van der Waals surface area contributed by atoms with Gasteiger partial charge in [-0.3, -0.25) is 9.78 Å². The molecule has 0 atom stereocenters. The summed E-state index contributed by atoms with van der Waals surface area (Å²) in [6.45, 7) is 1.10. The fourth-order valence-corrected chi connectivity index (χ4v) is 3.71. The van der Waals surface area contributed by atoms with Gasteiger partial charge >= 0.3 is 0 Å². The summed E-state index contributed by atoms with van der Waals surface area (Å²) in [5.74, 6) is 2.14. The summed E-state index contributed by atoms with van der Waals surface area (Å²) in [5.41, 5.74) is 2.64. The fraction of sp³-hybridized carbons (Fsp3) is 0.273. The molecule has 1 aromatic carbocycles. The Kier molecular flexibility index (Phi) is 4.66. The summed E-state index contributed by atoms with van der Waals surface area (Å²) in [6, 6.07) is 7.33. The highest BCUT2D eigenvalue weighted by Gasteiger charge is 2.36. The maximum absolute atomic E-state index is 12.8. The van der Waals surface area contributed by atoms with E-state index in [-0.39, 0.29) is 11.8 Å². The first-order valence-corrected chi connectivity index (χ1v) is 9.89. The molecule has 8 heteroatoms. The molecule has 2 aromatic heterocycles. The molecule has 3 aromatic rings.